The first kappa shape index (κ1) is 20.0. The number of rotatable bonds is 6. The summed E-state index contributed by atoms with van der Waals surface area (Å²) in [6, 6.07) is 10.2. The van der Waals surface area contributed by atoms with Gasteiger partial charge in [-0.25, -0.2) is 0 Å². The molecule has 2 aromatic carbocycles. The van der Waals surface area contributed by atoms with E-state index in [2.05, 4.69) is 22.5 Å². The van der Waals surface area contributed by atoms with Crippen LogP contribution in [0.5, 0.6) is 0 Å². The Morgan fingerprint density at radius 2 is 1.88 bits per heavy atom. The van der Waals surface area contributed by atoms with Crippen molar-refractivity contribution in [2.75, 3.05) is 11.4 Å². The lowest BCUT2D eigenvalue weighted by Gasteiger charge is -2.31. The van der Waals surface area contributed by atoms with E-state index in [1.54, 1.807) is 11.0 Å². The number of hydrogen-bond donors (Lipinski definition) is 0. The van der Waals surface area contributed by atoms with E-state index in [4.69, 9.17) is 0 Å². The van der Waals surface area contributed by atoms with Gasteiger partial charge in [0, 0.05) is 22.8 Å². The fourth-order valence-electron chi connectivity index (χ4n) is 2.64. The van der Waals surface area contributed by atoms with Gasteiger partial charge in [0.1, 0.15) is 5.56 Å². The average Bonchev–Trinajstić information content (AvgIpc) is 2.58. The number of halogens is 4. The normalized spacial score (nSPS) is 12.5. The SMILES string of the molecule is C=CCN(c1ccc([N+](=O)[O-])c(C(F)(F)F)c1)C(C)c1ccc(Br)cc1. The van der Waals surface area contributed by atoms with Crippen LogP contribution >= 0.6 is 15.9 Å². The van der Waals surface area contributed by atoms with Gasteiger partial charge in [-0.3, -0.25) is 10.1 Å². The van der Waals surface area contributed by atoms with Crippen LogP contribution in [0, 0.1) is 10.1 Å². The molecule has 0 fully saturated rings. The summed E-state index contributed by atoms with van der Waals surface area (Å²) in [4.78, 5) is 11.6. The van der Waals surface area contributed by atoms with Crippen LogP contribution in [0.25, 0.3) is 0 Å². The van der Waals surface area contributed by atoms with Crippen LogP contribution in [-0.4, -0.2) is 11.5 Å². The molecule has 2 aromatic rings. The third-order valence-electron chi connectivity index (χ3n) is 3.96. The van der Waals surface area contributed by atoms with Crippen LogP contribution in [0.15, 0.2) is 59.6 Å². The lowest BCUT2D eigenvalue weighted by Crippen LogP contribution is -2.27. The van der Waals surface area contributed by atoms with Gasteiger partial charge < -0.3 is 4.90 Å². The van der Waals surface area contributed by atoms with Crippen molar-refractivity contribution in [1.29, 1.82) is 0 Å². The summed E-state index contributed by atoms with van der Waals surface area (Å²) in [5.41, 5.74) is -1.10. The van der Waals surface area contributed by atoms with Crippen molar-refractivity contribution in [2.24, 2.45) is 0 Å². The Bertz CT molecular complexity index is 807. The van der Waals surface area contributed by atoms with Crippen LogP contribution in [0.2, 0.25) is 0 Å². The minimum atomic E-state index is -4.82. The first-order valence-electron chi connectivity index (χ1n) is 7.63. The van der Waals surface area contributed by atoms with Crippen LogP contribution in [0.3, 0.4) is 0 Å². The fraction of sp³-hybridized carbons (Fsp3) is 0.222. The molecular formula is C18H16BrF3N2O2. The molecule has 26 heavy (non-hydrogen) atoms. The van der Waals surface area contributed by atoms with Gasteiger partial charge in [0.05, 0.1) is 11.0 Å². The summed E-state index contributed by atoms with van der Waals surface area (Å²) in [6.07, 6.45) is -3.25. The lowest BCUT2D eigenvalue weighted by molar-refractivity contribution is -0.388. The highest BCUT2D eigenvalue weighted by Crippen LogP contribution is 2.39. The molecule has 8 heteroatoms. The van der Waals surface area contributed by atoms with Crippen molar-refractivity contribution in [3.05, 3.63) is 80.8 Å². The Morgan fingerprint density at radius 1 is 1.27 bits per heavy atom. The van der Waals surface area contributed by atoms with Gasteiger partial charge in [-0.15, -0.1) is 6.58 Å². The molecule has 0 saturated carbocycles. The quantitative estimate of drug-likeness (QED) is 0.315. The molecule has 0 aliphatic rings. The van der Waals surface area contributed by atoms with Gasteiger partial charge in [-0.05, 0) is 36.8 Å². The predicted octanol–water partition coefficient (Wildman–Crippen LogP) is 6.13. The summed E-state index contributed by atoms with van der Waals surface area (Å²) in [5, 5.41) is 10.9. The maximum Gasteiger partial charge on any atom is 0.423 e. The zero-order valence-electron chi connectivity index (χ0n) is 13.8. The van der Waals surface area contributed by atoms with Crippen LogP contribution in [-0.2, 0) is 6.18 Å². The molecule has 4 nitrogen and oxygen atoms in total. The van der Waals surface area contributed by atoms with Crippen molar-refractivity contribution in [3.8, 4) is 0 Å². The van der Waals surface area contributed by atoms with Crippen LogP contribution in [0.1, 0.15) is 24.1 Å². The van der Waals surface area contributed by atoms with Gasteiger partial charge in [-0.1, -0.05) is 34.1 Å². The number of benzene rings is 2. The second kappa shape index (κ2) is 7.90. The van der Waals surface area contributed by atoms with E-state index < -0.39 is 22.4 Å². The molecule has 2 rings (SSSR count). The van der Waals surface area contributed by atoms with Crippen molar-refractivity contribution in [1.82, 2.24) is 0 Å². The van der Waals surface area contributed by atoms with Crippen molar-refractivity contribution in [3.63, 3.8) is 0 Å². The second-order valence-corrected chi connectivity index (χ2v) is 6.54. The van der Waals surface area contributed by atoms with Crippen molar-refractivity contribution < 1.29 is 18.1 Å². The predicted molar refractivity (Wildman–Crippen MR) is 98.2 cm³/mol. The minimum absolute atomic E-state index is 0.234. The smallest absolute Gasteiger partial charge is 0.361 e. The number of nitro groups is 1. The number of nitro benzene ring substituents is 1. The molecule has 1 atom stereocenters. The van der Waals surface area contributed by atoms with E-state index in [0.717, 1.165) is 22.2 Å². The monoisotopic (exact) mass is 428 g/mol. The molecule has 0 amide bonds. The highest BCUT2D eigenvalue weighted by atomic mass is 79.9. The molecule has 0 saturated heterocycles. The largest absolute Gasteiger partial charge is 0.423 e. The van der Waals surface area contributed by atoms with Crippen molar-refractivity contribution >= 4 is 27.3 Å². The van der Waals surface area contributed by atoms with Gasteiger partial charge in [0.2, 0.25) is 0 Å². The summed E-state index contributed by atoms with van der Waals surface area (Å²) in [6.45, 7) is 5.79. The fourth-order valence-corrected chi connectivity index (χ4v) is 2.90. The Balaban J connectivity index is 2.51. The summed E-state index contributed by atoms with van der Waals surface area (Å²) in [7, 11) is 0. The number of alkyl halides is 3. The molecule has 0 spiro atoms. The van der Waals surface area contributed by atoms with E-state index in [1.807, 2.05) is 31.2 Å². The zero-order valence-corrected chi connectivity index (χ0v) is 15.4. The average molecular weight is 429 g/mol. The Morgan fingerprint density at radius 3 is 2.38 bits per heavy atom. The standard InChI is InChI=1S/C18H16BrF3N2O2/c1-3-10-23(12(2)13-4-6-14(19)7-5-13)15-8-9-17(24(25)26)16(11-15)18(20,21)22/h3-9,11-12H,1,10H2,2H3. The highest BCUT2D eigenvalue weighted by Gasteiger charge is 2.39. The molecule has 0 bridgehead atoms. The summed E-state index contributed by atoms with van der Waals surface area (Å²) >= 11 is 3.34. The van der Waals surface area contributed by atoms with Crippen molar-refractivity contribution in [2.45, 2.75) is 19.1 Å². The Kier molecular flexibility index (Phi) is 6.07. The number of hydrogen-bond acceptors (Lipinski definition) is 3. The van der Waals surface area contributed by atoms with E-state index in [1.165, 1.54) is 6.07 Å². The van der Waals surface area contributed by atoms with E-state index in [9.17, 15) is 23.3 Å². The molecular weight excluding hydrogens is 413 g/mol. The molecule has 0 aliphatic heterocycles. The second-order valence-electron chi connectivity index (χ2n) is 5.62. The molecule has 138 valence electrons. The molecule has 0 N–H and O–H groups in total. The lowest BCUT2D eigenvalue weighted by atomic mass is 10.0. The van der Waals surface area contributed by atoms with E-state index in [0.29, 0.717) is 0 Å². The molecule has 1 unspecified atom stereocenters. The molecule has 0 aromatic heterocycles. The molecule has 0 radical (unpaired) electrons. The third kappa shape index (κ3) is 4.43. The maximum absolute atomic E-state index is 13.3. The number of anilines is 1. The molecule has 0 aliphatic carbocycles. The van der Waals surface area contributed by atoms with E-state index in [-0.39, 0.29) is 18.3 Å². The zero-order chi connectivity index (χ0) is 19.5. The van der Waals surface area contributed by atoms with Gasteiger partial charge >= 0.3 is 6.18 Å². The van der Waals surface area contributed by atoms with Crippen LogP contribution < -0.4 is 4.90 Å². The third-order valence-corrected chi connectivity index (χ3v) is 4.49. The maximum atomic E-state index is 13.3. The van der Waals surface area contributed by atoms with Crippen LogP contribution in [0.4, 0.5) is 24.5 Å². The summed E-state index contributed by atoms with van der Waals surface area (Å²) in [5.74, 6) is 0. The molecule has 0 heterocycles. The van der Waals surface area contributed by atoms with Gasteiger partial charge in [-0.2, -0.15) is 13.2 Å². The Hall–Kier alpha value is -2.35. The Labute approximate surface area is 157 Å². The first-order chi connectivity index (χ1) is 12.1. The van der Waals surface area contributed by atoms with Gasteiger partial charge in [0.25, 0.3) is 5.69 Å². The number of nitrogens with zero attached hydrogens (tertiary/aromatic N) is 2. The summed E-state index contributed by atoms with van der Waals surface area (Å²) < 4.78 is 40.7. The van der Waals surface area contributed by atoms with Gasteiger partial charge in [0.15, 0.2) is 0 Å². The van der Waals surface area contributed by atoms with E-state index >= 15 is 0 Å². The minimum Gasteiger partial charge on any atom is -0.361 e. The highest BCUT2D eigenvalue weighted by molar-refractivity contribution is 9.10. The first-order valence-corrected chi connectivity index (χ1v) is 8.43. The topological polar surface area (TPSA) is 46.4 Å².